The third-order valence-corrected chi connectivity index (χ3v) is 2.96. The Morgan fingerprint density at radius 3 is 2.92 bits per heavy atom. The van der Waals surface area contributed by atoms with Gasteiger partial charge in [0.05, 0.1) is 6.10 Å². The Morgan fingerprint density at radius 2 is 2.23 bits per heavy atom. The molecule has 0 saturated carbocycles. The minimum absolute atomic E-state index is 0.101. The summed E-state index contributed by atoms with van der Waals surface area (Å²) in [6, 6.07) is 7.79. The normalized spacial score (nSPS) is 33.7. The van der Waals surface area contributed by atoms with Crippen LogP contribution in [0.5, 0.6) is 0 Å². The van der Waals surface area contributed by atoms with Gasteiger partial charge in [-0.1, -0.05) is 24.3 Å². The van der Waals surface area contributed by atoms with Crippen LogP contribution in [0.2, 0.25) is 0 Å². The number of ether oxygens (including phenoxy) is 1. The smallest absolute Gasteiger partial charge is 0.254 e. The minimum atomic E-state index is -0.790. The van der Waals surface area contributed by atoms with Gasteiger partial charge in [0.2, 0.25) is 0 Å². The van der Waals surface area contributed by atoms with Crippen molar-refractivity contribution in [1.82, 2.24) is 0 Å². The quantitative estimate of drug-likeness (QED) is 0.687. The van der Waals surface area contributed by atoms with Gasteiger partial charge in [0, 0.05) is 6.42 Å². The van der Waals surface area contributed by atoms with Crippen LogP contribution in [0.4, 0.5) is 0 Å². The van der Waals surface area contributed by atoms with Gasteiger partial charge in [0.1, 0.15) is 0 Å². The fraction of sp³-hybridized carbons (Fsp3) is 0.300. The van der Waals surface area contributed by atoms with E-state index in [-0.39, 0.29) is 12.0 Å². The van der Waals surface area contributed by atoms with Gasteiger partial charge in [-0.3, -0.25) is 4.79 Å². The Labute approximate surface area is 75.5 Å². The third kappa shape index (κ3) is 0.627. The Balaban J connectivity index is 2.22. The predicted molar refractivity (Wildman–Crippen MR) is 45.8 cm³/mol. The van der Waals surface area contributed by atoms with Gasteiger partial charge in [-0.05, 0) is 11.1 Å². The number of hydrogen-bond acceptors (Lipinski definition) is 2. The number of amides is 1. The number of primary amides is 1. The molecule has 3 heteroatoms. The molecule has 1 aliphatic carbocycles. The number of rotatable bonds is 1. The van der Waals surface area contributed by atoms with Gasteiger partial charge in [-0.25, -0.2) is 0 Å². The van der Waals surface area contributed by atoms with E-state index in [1.807, 2.05) is 24.3 Å². The van der Waals surface area contributed by atoms with Gasteiger partial charge in [-0.2, -0.15) is 0 Å². The summed E-state index contributed by atoms with van der Waals surface area (Å²) in [4.78, 5) is 11.2. The van der Waals surface area contributed by atoms with Crippen molar-refractivity contribution in [2.75, 3.05) is 0 Å². The van der Waals surface area contributed by atoms with E-state index in [1.54, 1.807) is 0 Å². The molecular weight excluding hydrogens is 166 g/mol. The van der Waals surface area contributed by atoms with E-state index in [1.165, 1.54) is 0 Å². The van der Waals surface area contributed by atoms with Crippen molar-refractivity contribution in [2.24, 2.45) is 5.73 Å². The third-order valence-electron chi connectivity index (χ3n) is 2.96. The zero-order valence-corrected chi connectivity index (χ0v) is 6.99. The van der Waals surface area contributed by atoms with Gasteiger partial charge in [0.15, 0.2) is 5.60 Å². The molecule has 4 rings (SSSR count). The maximum absolute atomic E-state index is 11.2. The van der Waals surface area contributed by atoms with Crippen LogP contribution >= 0.6 is 0 Å². The molecule has 1 aromatic rings. The zero-order chi connectivity index (χ0) is 9.05. The molecule has 2 N–H and O–H groups in total. The van der Waals surface area contributed by atoms with Crippen molar-refractivity contribution in [3.63, 3.8) is 0 Å². The first-order valence-electron chi connectivity index (χ1n) is 4.31. The molecule has 0 aromatic heterocycles. The highest BCUT2D eigenvalue weighted by molar-refractivity contribution is 5.88. The first kappa shape index (κ1) is 7.09. The molecule has 3 aliphatic rings. The molecule has 2 heterocycles. The summed E-state index contributed by atoms with van der Waals surface area (Å²) in [6.45, 7) is 0. The summed E-state index contributed by atoms with van der Waals surface area (Å²) in [7, 11) is 0. The van der Waals surface area contributed by atoms with E-state index in [0.29, 0.717) is 0 Å². The Hall–Kier alpha value is -1.35. The van der Waals surface area contributed by atoms with Gasteiger partial charge >= 0.3 is 0 Å². The van der Waals surface area contributed by atoms with Crippen LogP contribution in [0.25, 0.3) is 0 Å². The molecule has 0 spiro atoms. The van der Waals surface area contributed by atoms with E-state index < -0.39 is 5.60 Å². The predicted octanol–water partition coefficient (Wildman–Crippen LogP) is 0.842. The van der Waals surface area contributed by atoms with Crippen molar-refractivity contribution in [1.29, 1.82) is 0 Å². The number of benzene rings is 1. The fourth-order valence-corrected chi connectivity index (χ4v) is 2.28. The molecule has 2 aliphatic heterocycles. The Kier molecular flexibility index (Phi) is 1.05. The highest BCUT2D eigenvalue weighted by atomic mass is 16.5. The van der Waals surface area contributed by atoms with Crippen LogP contribution in [-0.2, 0) is 15.1 Å². The number of carbonyl (C=O) groups is 1. The molecule has 1 aromatic carbocycles. The summed E-state index contributed by atoms with van der Waals surface area (Å²) in [5, 5.41) is 0. The summed E-state index contributed by atoms with van der Waals surface area (Å²) in [6.07, 6.45) is 0.825. The van der Waals surface area contributed by atoms with Crippen molar-refractivity contribution in [2.45, 2.75) is 18.1 Å². The van der Waals surface area contributed by atoms with Crippen LogP contribution in [0, 0.1) is 0 Å². The lowest BCUT2D eigenvalue weighted by atomic mass is 9.92. The van der Waals surface area contributed by atoms with Crippen LogP contribution in [0.1, 0.15) is 23.7 Å². The fourth-order valence-electron chi connectivity index (χ4n) is 2.28. The van der Waals surface area contributed by atoms with Crippen LogP contribution in [-0.4, -0.2) is 5.91 Å². The maximum atomic E-state index is 11.2. The second-order valence-electron chi connectivity index (χ2n) is 3.59. The summed E-state index contributed by atoms with van der Waals surface area (Å²) < 4.78 is 5.50. The van der Waals surface area contributed by atoms with Crippen molar-refractivity contribution < 1.29 is 9.53 Å². The largest absolute Gasteiger partial charge is 0.367 e. The van der Waals surface area contributed by atoms with E-state index in [4.69, 9.17) is 10.5 Å². The first-order valence-corrected chi connectivity index (χ1v) is 4.31. The maximum Gasteiger partial charge on any atom is 0.254 e. The molecule has 3 nitrogen and oxygen atoms in total. The van der Waals surface area contributed by atoms with E-state index >= 15 is 0 Å². The zero-order valence-electron chi connectivity index (χ0n) is 6.99. The van der Waals surface area contributed by atoms with Crippen LogP contribution in [0.15, 0.2) is 24.3 Å². The lowest BCUT2D eigenvalue weighted by molar-refractivity contribution is -0.196. The van der Waals surface area contributed by atoms with Crippen LogP contribution < -0.4 is 5.73 Å². The highest BCUT2D eigenvalue weighted by Crippen LogP contribution is 2.58. The molecular formula is C10H9NO2. The number of nitrogens with two attached hydrogens (primary N) is 1. The van der Waals surface area contributed by atoms with Gasteiger partial charge in [0.25, 0.3) is 5.91 Å². The Morgan fingerprint density at radius 1 is 1.54 bits per heavy atom. The summed E-state index contributed by atoms with van der Waals surface area (Å²) >= 11 is 0. The van der Waals surface area contributed by atoms with Crippen molar-refractivity contribution in [3.05, 3.63) is 35.4 Å². The summed E-state index contributed by atoms with van der Waals surface area (Å²) in [5.41, 5.74) is 6.62. The molecule has 13 heavy (non-hydrogen) atoms. The molecule has 1 fully saturated rings. The second kappa shape index (κ2) is 1.93. The SMILES string of the molecule is NC(=O)C12CC(O1)c1ccccc12. The minimum Gasteiger partial charge on any atom is -0.367 e. The van der Waals surface area contributed by atoms with Crippen molar-refractivity contribution in [3.8, 4) is 0 Å². The van der Waals surface area contributed by atoms with E-state index in [0.717, 1.165) is 17.5 Å². The molecule has 2 bridgehead atoms. The van der Waals surface area contributed by atoms with E-state index in [9.17, 15) is 4.79 Å². The lowest BCUT2D eigenvalue weighted by Gasteiger charge is -2.36. The van der Waals surface area contributed by atoms with Crippen LogP contribution in [0.3, 0.4) is 0 Å². The average Bonchev–Trinajstić information content (AvgIpc) is 2.51. The molecule has 2 unspecified atom stereocenters. The number of carbonyl (C=O) groups excluding carboxylic acids is 1. The summed E-state index contributed by atoms with van der Waals surface area (Å²) in [5.74, 6) is -0.367. The topological polar surface area (TPSA) is 52.3 Å². The number of hydrogen-bond donors (Lipinski definition) is 1. The highest BCUT2D eigenvalue weighted by Gasteiger charge is 2.60. The average molecular weight is 175 g/mol. The second-order valence-corrected chi connectivity index (χ2v) is 3.59. The van der Waals surface area contributed by atoms with Gasteiger partial charge < -0.3 is 10.5 Å². The van der Waals surface area contributed by atoms with Crippen molar-refractivity contribution >= 4 is 5.91 Å². The Bertz CT molecular complexity index is 394. The molecule has 2 atom stereocenters. The molecule has 1 saturated heterocycles. The molecule has 0 radical (unpaired) electrons. The van der Waals surface area contributed by atoms with Gasteiger partial charge in [-0.15, -0.1) is 0 Å². The lowest BCUT2D eigenvalue weighted by Crippen LogP contribution is -2.47. The monoisotopic (exact) mass is 175 g/mol. The first-order chi connectivity index (χ1) is 6.24. The molecule has 1 amide bonds. The standard InChI is InChI=1S/C10H9NO2/c11-9(12)10-5-8(13-10)6-3-1-2-4-7(6)10/h1-4,8H,5H2,(H2,11,12). The molecule has 66 valence electrons. The van der Waals surface area contributed by atoms with E-state index in [2.05, 4.69) is 0 Å².